The van der Waals surface area contributed by atoms with E-state index in [2.05, 4.69) is 16.0 Å². The number of nitro groups is 1. The number of hydrogen-bond donors (Lipinski definition) is 3. The van der Waals surface area contributed by atoms with Crippen molar-refractivity contribution in [1.29, 1.82) is 0 Å². The molecule has 0 heterocycles. The molecule has 0 aliphatic heterocycles. The van der Waals surface area contributed by atoms with Gasteiger partial charge in [-0.2, -0.15) is 13.2 Å². The van der Waals surface area contributed by atoms with Gasteiger partial charge in [-0.15, -0.1) is 0 Å². The fourth-order valence-electron chi connectivity index (χ4n) is 2.22. The van der Waals surface area contributed by atoms with E-state index in [0.29, 0.717) is 12.6 Å². The smallest absolute Gasteiger partial charge is 0.378 e. The van der Waals surface area contributed by atoms with Crippen LogP contribution in [0.4, 0.5) is 29.3 Å². The summed E-state index contributed by atoms with van der Waals surface area (Å²) in [6.45, 7) is 0.564. The Kier molecular flexibility index (Phi) is 6.58. The van der Waals surface area contributed by atoms with Crippen LogP contribution in [0.2, 0.25) is 0 Å². The number of nitrogens with zero attached hydrogens (tertiary/aromatic N) is 1. The summed E-state index contributed by atoms with van der Waals surface area (Å²) in [6.07, 6.45) is -4.66. The third-order valence-corrected chi connectivity index (χ3v) is 3.54. The van der Waals surface area contributed by atoms with Crippen LogP contribution in [0.15, 0.2) is 48.5 Å². The first-order chi connectivity index (χ1) is 12.8. The predicted molar refractivity (Wildman–Crippen MR) is 93.3 cm³/mol. The van der Waals surface area contributed by atoms with Gasteiger partial charge in [0.25, 0.3) is 5.69 Å². The number of alkyl halides is 3. The average molecular weight is 382 g/mol. The molecule has 144 valence electrons. The van der Waals surface area contributed by atoms with Gasteiger partial charge in [-0.3, -0.25) is 10.1 Å². The van der Waals surface area contributed by atoms with Crippen molar-refractivity contribution in [3.63, 3.8) is 0 Å². The molecule has 0 aliphatic rings. The summed E-state index contributed by atoms with van der Waals surface area (Å²) in [7, 11) is 0. The lowest BCUT2D eigenvalue weighted by Gasteiger charge is -2.11. The van der Waals surface area contributed by atoms with Gasteiger partial charge in [0, 0.05) is 25.7 Å². The van der Waals surface area contributed by atoms with Crippen LogP contribution in [-0.2, 0) is 12.7 Å². The van der Waals surface area contributed by atoms with Gasteiger partial charge in [0.05, 0.1) is 10.5 Å². The number of anilines is 1. The standard InChI is InChI=1S/C17H17F3N4O3/c18-17(19,20)13-6-7-14(15(10-13)24(26)27)21-8-9-22-16(25)23-11-12-4-2-1-3-5-12/h1-7,10,21H,8-9,11H2,(H2,22,23,25). The molecule has 0 aromatic heterocycles. The monoisotopic (exact) mass is 382 g/mol. The van der Waals surface area contributed by atoms with Crippen LogP contribution in [0.5, 0.6) is 0 Å². The Morgan fingerprint density at radius 2 is 1.74 bits per heavy atom. The second kappa shape index (κ2) is 8.88. The van der Waals surface area contributed by atoms with Crippen molar-refractivity contribution in [3.05, 3.63) is 69.8 Å². The third kappa shape index (κ3) is 6.17. The zero-order chi connectivity index (χ0) is 19.9. The lowest BCUT2D eigenvalue weighted by molar-refractivity contribution is -0.384. The molecule has 0 spiro atoms. The molecule has 2 aromatic rings. The molecule has 2 rings (SSSR count). The van der Waals surface area contributed by atoms with Crippen molar-refractivity contribution in [2.45, 2.75) is 12.7 Å². The number of rotatable bonds is 7. The summed E-state index contributed by atoms with van der Waals surface area (Å²) in [5, 5.41) is 18.8. The zero-order valence-electron chi connectivity index (χ0n) is 14.0. The second-order valence-electron chi connectivity index (χ2n) is 5.51. The van der Waals surface area contributed by atoms with Crippen molar-refractivity contribution in [1.82, 2.24) is 10.6 Å². The van der Waals surface area contributed by atoms with Gasteiger partial charge in [-0.25, -0.2) is 4.79 Å². The highest BCUT2D eigenvalue weighted by atomic mass is 19.4. The van der Waals surface area contributed by atoms with Crippen molar-refractivity contribution < 1.29 is 22.9 Å². The maximum atomic E-state index is 12.7. The van der Waals surface area contributed by atoms with Gasteiger partial charge in [0.1, 0.15) is 5.69 Å². The number of nitrogens with one attached hydrogen (secondary N) is 3. The van der Waals surface area contributed by atoms with Crippen LogP contribution < -0.4 is 16.0 Å². The lowest BCUT2D eigenvalue weighted by atomic mass is 10.1. The van der Waals surface area contributed by atoms with Crippen LogP contribution in [0.25, 0.3) is 0 Å². The van der Waals surface area contributed by atoms with Gasteiger partial charge in [0.15, 0.2) is 0 Å². The predicted octanol–water partition coefficient (Wildman–Crippen LogP) is 3.52. The minimum atomic E-state index is -4.66. The highest BCUT2D eigenvalue weighted by Gasteiger charge is 2.32. The third-order valence-electron chi connectivity index (χ3n) is 3.54. The quantitative estimate of drug-likeness (QED) is 0.388. The molecule has 27 heavy (non-hydrogen) atoms. The maximum Gasteiger partial charge on any atom is 0.416 e. The molecule has 3 N–H and O–H groups in total. The average Bonchev–Trinajstić information content (AvgIpc) is 2.63. The van der Waals surface area contributed by atoms with Crippen LogP contribution in [0.3, 0.4) is 0 Å². The van der Waals surface area contributed by atoms with Crippen molar-refractivity contribution >= 4 is 17.4 Å². The number of carbonyl (C=O) groups is 1. The number of nitro benzene ring substituents is 1. The van der Waals surface area contributed by atoms with E-state index in [1.54, 1.807) is 0 Å². The molecule has 0 unspecified atom stereocenters. The van der Waals surface area contributed by atoms with E-state index in [1.807, 2.05) is 30.3 Å². The first-order valence-electron chi connectivity index (χ1n) is 7.92. The van der Waals surface area contributed by atoms with Crippen LogP contribution in [0.1, 0.15) is 11.1 Å². The Balaban J connectivity index is 1.82. The molecular weight excluding hydrogens is 365 g/mol. The van der Waals surface area contributed by atoms with E-state index < -0.39 is 28.4 Å². The molecule has 2 amide bonds. The summed E-state index contributed by atoms with van der Waals surface area (Å²) < 4.78 is 38.0. The number of hydrogen-bond acceptors (Lipinski definition) is 4. The number of amides is 2. The fourth-order valence-corrected chi connectivity index (χ4v) is 2.22. The molecule has 0 radical (unpaired) electrons. The van der Waals surface area contributed by atoms with Crippen LogP contribution >= 0.6 is 0 Å². The van der Waals surface area contributed by atoms with Crippen LogP contribution in [-0.4, -0.2) is 24.0 Å². The van der Waals surface area contributed by atoms with Gasteiger partial charge >= 0.3 is 12.2 Å². The summed E-state index contributed by atoms with van der Waals surface area (Å²) in [4.78, 5) is 21.8. The van der Waals surface area contributed by atoms with Gasteiger partial charge in [-0.05, 0) is 17.7 Å². The molecule has 10 heteroatoms. The van der Waals surface area contributed by atoms with Crippen LogP contribution in [0, 0.1) is 10.1 Å². The molecule has 0 aliphatic carbocycles. The Hall–Kier alpha value is -3.30. The maximum absolute atomic E-state index is 12.7. The Labute approximate surface area is 152 Å². The largest absolute Gasteiger partial charge is 0.416 e. The molecule has 7 nitrogen and oxygen atoms in total. The zero-order valence-corrected chi connectivity index (χ0v) is 14.0. The molecule has 0 saturated heterocycles. The summed E-state index contributed by atoms with van der Waals surface area (Å²) >= 11 is 0. The van der Waals surface area contributed by atoms with Gasteiger partial charge < -0.3 is 16.0 Å². The first-order valence-corrected chi connectivity index (χ1v) is 7.92. The highest BCUT2D eigenvalue weighted by Crippen LogP contribution is 2.34. The number of urea groups is 1. The van der Waals surface area contributed by atoms with E-state index in [9.17, 15) is 28.1 Å². The second-order valence-corrected chi connectivity index (χ2v) is 5.51. The van der Waals surface area contributed by atoms with Gasteiger partial charge in [0.2, 0.25) is 0 Å². The molecule has 0 atom stereocenters. The van der Waals surface area contributed by atoms with Crippen molar-refractivity contribution in [2.24, 2.45) is 0 Å². The van der Waals surface area contributed by atoms with E-state index in [0.717, 1.165) is 17.7 Å². The van der Waals surface area contributed by atoms with Crippen molar-refractivity contribution in [3.8, 4) is 0 Å². The Bertz CT molecular complexity index is 798. The van der Waals surface area contributed by atoms with E-state index >= 15 is 0 Å². The topological polar surface area (TPSA) is 96.3 Å². The number of carbonyl (C=O) groups excluding carboxylic acids is 1. The SMILES string of the molecule is O=C(NCCNc1ccc(C(F)(F)F)cc1[N+](=O)[O-])NCc1ccccc1. The van der Waals surface area contributed by atoms with Gasteiger partial charge in [-0.1, -0.05) is 30.3 Å². The van der Waals surface area contributed by atoms with E-state index in [1.165, 1.54) is 0 Å². The fraction of sp³-hybridized carbons (Fsp3) is 0.235. The highest BCUT2D eigenvalue weighted by molar-refractivity contribution is 5.73. The molecule has 2 aromatic carbocycles. The first kappa shape index (κ1) is 20.0. The summed E-state index contributed by atoms with van der Waals surface area (Å²) in [6, 6.07) is 11.1. The Morgan fingerprint density at radius 1 is 1.04 bits per heavy atom. The normalized spacial score (nSPS) is 10.9. The van der Waals surface area contributed by atoms with E-state index in [-0.39, 0.29) is 18.8 Å². The number of halogens is 3. The molecule has 0 bridgehead atoms. The Morgan fingerprint density at radius 3 is 2.37 bits per heavy atom. The van der Waals surface area contributed by atoms with Crippen molar-refractivity contribution in [2.75, 3.05) is 18.4 Å². The molecular formula is C17H17F3N4O3. The summed E-state index contributed by atoms with van der Waals surface area (Å²) in [5.41, 5.74) is -0.915. The molecule has 0 fully saturated rings. The lowest BCUT2D eigenvalue weighted by Crippen LogP contribution is -2.37. The summed E-state index contributed by atoms with van der Waals surface area (Å²) in [5.74, 6) is 0. The van der Waals surface area contributed by atoms with E-state index in [4.69, 9.17) is 0 Å². The minimum Gasteiger partial charge on any atom is -0.378 e. The molecule has 0 saturated carbocycles. The number of benzene rings is 2. The minimum absolute atomic E-state index is 0.0560.